The van der Waals surface area contributed by atoms with Gasteiger partial charge in [0.1, 0.15) is 6.04 Å². The maximum absolute atomic E-state index is 12.7. The summed E-state index contributed by atoms with van der Waals surface area (Å²) < 4.78 is 1.88. The normalized spacial score (nSPS) is 11.6. The predicted molar refractivity (Wildman–Crippen MR) is 133 cm³/mol. The van der Waals surface area contributed by atoms with Gasteiger partial charge in [0.2, 0.25) is 5.91 Å². The number of carbonyl (C=O) groups excluding carboxylic acids is 2. The van der Waals surface area contributed by atoms with Crippen molar-refractivity contribution in [1.29, 1.82) is 0 Å². The molecule has 0 aliphatic carbocycles. The number of nitrogens with zero attached hydrogens (tertiary/aromatic N) is 2. The Kier molecular flexibility index (Phi) is 7.40. The van der Waals surface area contributed by atoms with Crippen LogP contribution < -0.4 is 10.6 Å². The second-order valence-electron chi connectivity index (χ2n) is 7.97. The number of benzene rings is 3. The Bertz CT molecular complexity index is 1260. The second kappa shape index (κ2) is 10.8. The van der Waals surface area contributed by atoms with Crippen LogP contribution in [-0.4, -0.2) is 27.6 Å². The summed E-state index contributed by atoms with van der Waals surface area (Å²) in [6.45, 7) is 2.57. The molecule has 0 fully saturated rings. The van der Waals surface area contributed by atoms with Crippen LogP contribution in [0.4, 0.5) is 0 Å². The molecule has 0 saturated carbocycles. The first-order valence-corrected chi connectivity index (χ1v) is 11.4. The summed E-state index contributed by atoms with van der Waals surface area (Å²) in [5.74, 6) is -0.614. The van der Waals surface area contributed by atoms with Gasteiger partial charge in [-0.3, -0.25) is 14.3 Å². The van der Waals surface area contributed by atoms with E-state index in [1.54, 1.807) is 31.2 Å². The van der Waals surface area contributed by atoms with E-state index in [-0.39, 0.29) is 11.8 Å². The lowest BCUT2D eigenvalue weighted by Crippen LogP contribution is -2.44. The predicted octanol–water partition coefficient (Wildman–Crippen LogP) is 4.69. The summed E-state index contributed by atoms with van der Waals surface area (Å²) >= 11 is 5.87. The Morgan fingerprint density at radius 3 is 2.26 bits per heavy atom. The van der Waals surface area contributed by atoms with E-state index in [2.05, 4.69) is 22.8 Å². The lowest BCUT2D eigenvalue weighted by Gasteiger charge is -2.14. The van der Waals surface area contributed by atoms with Gasteiger partial charge in [0.25, 0.3) is 5.91 Å². The van der Waals surface area contributed by atoms with Crippen molar-refractivity contribution in [2.45, 2.75) is 26.1 Å². The Balaban J connectivity index is 1.45. The number of hydrogen-bond donors (Lipinski definition) is 2. The van der Waals surface area contributed by atoms with Crippen LogP contribution in [0.3, 0.4) is 0 Å². The molecule has 0 bridgehead atoms. The van der Waals surface area contributed by atoms with Gasteiger partial charge in [0.15, 0.2) is 0 Å². The van der Waals surface area contributed by atoms with E-state index < -0.39 is 6.04 Å². The molecule has 0 saturated heterocycles. The molecule has 3 aromatic carbocycles. The number of aromatic nitrogens is 2. The van der Waals surface area contributed by atoms with Crippen LogP contribution in [0, 0.1) is 0 Å². The number of rotatable bonds is 8. The first kappa shape index (κ1) is 23.3. The average molecular weight is 473 g/mol. The van der Waals surface area contributed by atoms with Gasteiger partial charge in [-0.05, 0) is 36.8 Å². The molecule has 2 N–H and O–H groups in total. The van der Waals surface area contributed by atoms with Gasteiger partial charge < -0.3 is 10.6 Å². The van der Waals surface area contributed by atoms with Crippen molar-refractivity contribution < 1.29 is 9.59 Å². The lowest BCUT2D eigenvalue weighted by atomic mass is 10.1. The summed E-state index contributed by atoms with van der Waals surface area (Å²) in [6, 6.07) is 25.8. The van der Waals surface area contributed by atoms with Gasteiger partial charge in [-0.2, -0.15) is 5.10 Å². The number of amides is 2. The zero-order valence-electron chi connectivity index (χ0n) is 18.7. The molecule has 1 unspecified atom stereocenters. The standard InChI is InChI=1S/C27H25ClN4O2/c1-19(30-27(34)22-12-14-24(28)15-13-22)26(33)29-16-23-18-32(17-20-8-4-2-5-9-20)31-25(23)21-10-6-3-7-11-21/h2-15,18-19H,16-17H2,1H3,(H,29,33)(H,30,34). The quantitative estimate of drug-likeness (QED) is 0.390. The Morgan fingerprint density at radius 2 is 1.59 bits per heavy atom. The monoisotopic (exact) mass is 472 g/mol. The molecule has 34 heavy (non-hydrogen) atoms. The third-order valence-corrected chi connectivity index (χ3v) is 5.62. The molecule has 1 heterocycles. The molecule has 7 heteroatoms. The van der Waals surface area contributed by atoms with Crippen molar-refractivity contribution in [1.82, 2.24) is 20.4 Å². The van der Waals surface area contributed by atoms with Gasteiger partial charge in [-0.25, -0.2) is 0 Å². The van der Waals surface area contributed by atoms with Crippen LogP contribution in [0.1, 0.15) is 28.4 Å². The van der Waals surface area contributed by atoms with E-state index in [4.69, 9.17) is 16.7 Å². The first-order chi connectivity index (χ1) is 16.5. The van der Waals surface area contributed by atoms with Crippen molar-refractivity contribution in [2.24, 2.45) is 0 Å². The van der Waals surface area contributed by atoms with Crippen molar-refractivity contribution in [2.75, 3.05) is 0 Å². The largest absolute Gasteiger partial charge is 0.350 e. The highest BCUT2D eigenvalue weighted by Gasteiger charge is 2.18. The van der Waals surface area contributed by atoms with Gasteiger partial charge >= 0.3 is 0 Å². The molecule has 4 rings (SSSR count). The number of carbonyl (C=O) groups is 2. The SMILES string of the molecule is CC(NC(=O)c1ccc(Cl)cc1)C(=O)NCc1cn(Cc2ccccc2)nc1-c1ccccc1. The van der Waals surface area contributed by atoms with Crippen LogP contribution in [0.15, 0.2) is 91.1 Å². The molecular formula is C27H25ClN4O2. The van der Waals surface area contributed by atoms with Crippen LogP contribution in [0.25, 0.3) is 11.3 Å². The Labute approximate surface area is 203 Å². The van der Waals surface area contributed by atoms with Crippen molar-refractivity contribution in [3.8, 4) is 11.3 Å². The fraction of sp³-hybridized carbons (Fsp3) is 0.148. The molecule has 6 nitrogen and oxygen atoms in total. The van der Waals surface area contributed by atoms with Crippen LogP contribution >= 0.6 is 11.6 Å². The third-order valence-electron chi connectivity index (χ3n) is 5.37. The molecular weight excluding hydrogens is 448 g/mol. The van der Waals surface area contributed by atoms with E-state index in [0.717, 1.165) is 22.4 Å². The topological polar surface area (TPSA) is 76.0 Å². The summed E-state index contributed by atoms with van der Waals surface area (Å²) in [7, 11) is 0. The molecule has 0 spiro atoms. The third kappa shape index (κ3) is 5.91. The number of halogens is 1. The van der Waals surface area contributed by atoms with Crippen molar-refractivity contribution in [3.63, 3.8) is 0 Å². The molecule has 0 aliphatic heterocycles. The summed E-state index contributed by atoms with van der Waals surface area (Å²) in [5, 5.41) is 11.0. The molecule has 4 aromatic rings. The molecule has 172 valence electrons. The minimum Gasteiger partial charge on any atom is -0.350 e. The summed E-state index contributed by atoms with van der Waals surface area (Å²) in [6.07, 6.45) is 1.95. The fourth-order valence-corrected chi connectivity index (χ4v) is 3.69. The zero-order chi connectivity index (χ0) is 23.9. The van der Waals surface area contributed by atoms with E-state index in [1.165, 1.54) is 0 Å². The first-order valence-electron chi connectivity index (χ1n) is 11.0. The maximum atomic E-state index is 12.7. The van der Waals surface area contributed by atoms with Crippen LogP contribution in [-0.2, 0) is 17.9 Å². The number of nitrogens with one attached hydrogen (secondary N) is 2. The highest BCUT2D eigenvalue weighted by Crippen LogP contribution is 2.22. The second-order valence-corrected chi connectivity index (χ2v) is 8.41. The minimum absolute atomic E-state index is 0.280. The maximum Gasteiger partial charge on any atom is 0.251 e. The average Bonchev–Trinajstić information content (AvgIpc) is 3.26. The van der Waals surface area contributed by atoms with Crippen molar-refractivity contribution >= 4 is 23.4 Å². The summed E-state index contributed by atoms with van der Waals surface area (Å²) in [5.41, 5.74) is 4.26. The zero-order valence-corrected chi connectivity index (χ0v) is 19.5. The summed E-state index contributed by atoms with van der Waals surface area (Å²) in [4.78, 5) is 25.1. The smallest absolute Gasteiger partial charge is 0.251 e. The van der Waals surface area contributed by atoms with E-state index in [9.17, 15) is 9.59 Å². The van der Waals surface area contributed by atoms with Crippen LogP contribution in [0.2, 0.25) is 5.02 Å². The van der Waals surface area contributed by atoms with E-state index >= 15 is 0 Å². The number of hydrogen-bond acceptors (Lipinski definition) is 3. The molecule has 2 amide bonds. The van der Waals surface area contributed by atoms with Crippen LogP contribution in [0.5, 0.6) is 0 Å². The van der Waals surface area contributed by atoms with Crippen molar-refractivity contribution in [3.05, 3.63) is 113 Å². The molecule has 1 atom stereocenters. The Morgan fingerprint density at radius 1 is 0.941 bits per heavy atom. The molecule has 0 aliphatic rings. The minimum atomic E-state index is -0.706. The Hall–Kier alpha value is -3.90. The van der Waals surface area contributed by atoms with E-state index in [1.807, 2.05) is 59.4 Å². The van der Waals surface area contributed by atoms with Gasteiger partial charge in [0.05, 0.1) is 12.2 Å². The van der Waals surface area contributed by atoms with Gasteiger partial charge in [-0.15, -0.1) is 0 Å². The van der Waals surface area contributed by atoms with E-state index in [0.29, 0.717) is 23.7 Å². The fourth-order valence-electron chi connectivity index (χ4n) is 3.56. The van der Waals surface area contributed by atoms with Gasteiger partial charge in [-0.1, -0.05) is 72.3 Å². The lowest BCUT2D eigenvalue weighted by molar-refractivity contribution is -0.122. The van der Waals surface area contributed by atoms with Gasteiger partial charge in [0, 0.05) is 34.5 Å². The highest BCUT2D eigenvalue weighted by atomic mass is 35.5. The molecule has 1 aromatic heterocycles. The molecule has 0 radical (unpaired) electrons. The highest BCUT2D eigenvalue weighted by molar-refractivity contribution is 6.30.